The fourth-order valence-corrected chi connectivity index (χ4v) is 3.56. The van der Waals surface area contributed by atoms with Gasteiger partial charge in [0.2, 0.25) is 0 Å². The molecular weight excluding hydrogens is 278 g/mol. The van der Waals surface area contributed by atoms with Crippen LogP contribution < -0.4 is 4.90 Å². The number of methoxy groups -OCH3 is 1. The lowest BCUT2D eigenvalue weighted by molar-refractivity contribution is 0.0697. The van der Waals surface area contributed by atoms with Crippen molar-refractivity contribution in [1.82, 2.24) is 9.88 Å². The maximum Gasteiger partial charge on any atom is 0.347 e. The van der Waals surface area contributed by atoms with Crippen LogP contribution in [0.1, 0.15) is 28.7 Å². The molecule has 20 heavy (non-hydrogen) atoms. The zero-order valence-electron chi connectivity index (χ0n) is 12.1. The van der Waals surface area contributed by atoms with E-state index in [-0.39, 0.29) is 11.5 Å². The molecule has 0 saturated carbocycles. The number of aromatic carboxylic acids is 1. The molecule has 1 aromatic heterocycles. The van der Waals surface area contributed by atoms with Crippen molar-refractivity contribution in [3.8, 4) is 0 Å². The molecule has 0 aliphatic carbocycles. The quantitative estimate of drug-likeness (QED) is 0.909. The van der Waals surface area contributed by atoms with Crippen LogP contribution >= 0.6 is 11.3 Å². The van der Waals surface area contributed by atoms with Crippen LogP contribution in [0.3, 0.4) is 0 Å². The summed E-state index contributed by atoms with van der Waals surface area (Å²) >= 11 is 1.25. The van der Waals surface area contributed by atoms with Crippen molar-refractivity contribution in [2.75, 3.05) is 38.7 Å². The van der Waals surface area contributed by atoms with E-state index in [4.69, 9.17) is 4.74 Å². The van der Waals surface area contributed by atoms with E-state index in [1.165, 1.54) is 11.3 Å². The van der Waals surface area contributed by atoms with E-state index in [0.717, 1.165) is 31.2 Å². The lowest BCUT2D eigenvalue weighted by Crippen LogP contribution is -2.37. The van der Waals surface area contributed by atoms with Gasteiger partial charge in [0, 0.05) is 26.2 Å². The Morgan fingerprint density at radius 3 is 2.95 bits per heavy atom. The zero-order chi connectivity index (χ0) is 14.7. The predicted molar refractivity (Wildman–Crippen MR) is 78.7 cm³/mol. The molecule has 2 rings (SSSR count). The number of carboxylic acid groups (broad SMARTS) is 1. The zero-order valence-corrected chi connectivity index (χ0v) is 12.9. The third-order valence-corrected chi connectivity index (χ3v) is 4.58. The molecule has 1 aliphatic rings. The molecule has 2 heterocycles. The molecule has 1 aromatic rings. The van der Waals surface area contributed by atoms with Crippen LogP contribution in [0.15, 0.2) is 0 Å². The maximum atomic E-state index is 11.3. The number of carboxylic acids is 1. The molecule has 1 aliphatic heterocycles. The molecule has 0 aromatic carbocycles. The first-order valence-corrected chi connectivity index (χ1v) is 7.51. The van der Waals surface area contributed by atoms with Gasteiger partial charge in [-0.1, -0.05) is 11.3 Å². The number of ether oxygens (including phenoxy) is 1. The van der Waals surface area contributed by atoms with Gasteiger partial charge < -0.3 is 19.6 Å². The number of anilines is 1. The second-order valence-corrected chi connectivity index (χ2v) is 6.15. The summed E-state index contributed by atoms with van der Waals surface area (Å²) < 4.78 is 5.04. The highest BCUT2D eigenvalue weighted by molar-refractivity contribution is 7.17. The van der Waals surface area contributed by atoms with Gasteiger partial charge in [0.1, 0.15) is 4.88 Å². The molecular formula is C13H21N3O3S. The van der Waals surface area contributed by atoms with E-state index >= 15 is 0 Å². The van der Waals surface area contributed by atoms with Gasteiger partial charge in [-0.25, -0.2) is 9.78 Å². The van der Waals surface area contributed by atoms with Gasteiger partial charge in [-0.2, -0.15) is 0 Å². The Morgan fingerprint density at radius 2 is 2.30 bits per heavy atom. The maximum absolute atomic E-state index is 11.3. The second-order valence-electron chi connectivity index (χ2n) is 5.17. The van der Waals surface area contributed by atoms with Gasteiger partial charge in [-0.15, -0.1) is 0 Å². The number of hydrogen-bond acceptors (Lipinski definition) is 6. The minimum atomic E-state index is -0.930. The van der Waals surface area contributed by atoms with Crippen molar-refractivity contribution in [3.63, 3.8) is 0 Å². The molecule has 1 atom stereocenters. The average Bonchev–Trinajstić information content (AvgIpc) is 2.70. The first-order valence-electron chi connectivity index (χ1n) is 6.70. The third-order valence-electron chi connectivity index (χ3n) is 3.45. The molecule has 1 N–H and O–H groups in total. The lowest BCUT2D eigenvalue weighted by atomic mass is 10.3. The summed E-state index contributed by atoms with van der Waals surface area (Å²) in [5.74, 6) is -0.930. The second kappa shape index (κ2) is 6.51. The SMILES string of the molecule is COCc1nc(N2CCCN(C)CC2C)sc1C(=O)O. The van der Waals surface area contributed by atoms with Crippen LogP contribution in [-0.4, -0.2) is 60.8 Å². The molecule has 0 spiro atoms. The van der Waals surface area contributed by atoms with Crippen LogP contribution in [0, 0.1) is 0 Å². The Hall–Kier alpha value is -1.18. The van der Waals surface area contributed by atoms with Crippen molar-refractivity contribution >= 4 is 22.4 Å². The summed E-state index contributed by atoms with van der Waals surface area (Å²) in [6.45, 7) is 5.31. The third kappa shape index (κ3) is 3.28. The normalized spacial score (nSPS) is 20.9. The number of thiazole rings is 1. The van der Waals surface area contributed by atoms with E-state index in [2.05, 4.69) is 28.8 Å². The fraction of sp³-hybridized carbons (Fsp3) is 0.692. The highest BCUT2D eigenvalue weighted by atomic mass is 32.1. The molecule has 6 nitrogen and oxygen atoms in total. The average molecular weight is 299 g/mol. The van der Waals surface area contributed by atoms with Crippen molar-refractivity contribution in [2.45, 2.75) is 26.0 Å². The van der Waals surface area contributed by atoms with Crippen LogP contribution in [0.5, 0.6) is 0 Å². The Morgan fingerprint density at radius 1 is 1.55 bits per heavy atom. The van der Waals surface area contributed by atoms with Crippen molar-refractivity contribution in [3.05, 3.63) is 10.6 Å². The van der Waals surface area contributed by atoms with Crippen molar-refractivity contribution in [1.29, 1.82) is 0 Å². The van der Waals surface area contributed by atoms with Crippen LogP contribution in [0.2, 0.25) is 0 Å². The number of carbonyl (C=O) groups is 1. The number of likely N-dealkylation sites (N-methyl/N-ethyl adjacent to an activating group) is 1. The van der Waals surface area contributed by atoms with Gasteiger partial charge in [0.05, 0.1) is 12.3 Å². The molecule has 1 fully saturated rings. The first-order chi connectivity index (χ1) is 9.52. The molecule has 1 unspecified atom stereocenters. The highest BCUT2D eigenvalue weighted by Crippen LogP contribution is 2.29. The summed E-state index contributed by atoms with van der Waals surface area (Å²) in [5, 5.41) is 10.0. The topological polar surface area (TPSA) is 65.9 Å². The predicted octanol–water partition coefficient (Wildman–Crippen LogP) is 1.52. The summed E-state index contributed by atoms with van der Waals surface area (Å²) in [7, 11) is 3.66. The van der Waals surface area contributed by atoms with E-state index in [1.54, 1.807) is 7.11 Å². The first kappa shape index (κ1) is 15.2. The van der Waals surface area contributed by atoms with Crippen LogP contribution in [0.25, 0.3) is 0 Å². The van der Waals surface area contributed by atoms with Gasteiger partial charge in [-0.05, 0) is 26.9 Å². The number of hydrogen-bond donors (Lipinski definition) is 1. The van der Waals surface area contributed by atoms with E-state index in [0.29, 0.717) is 11.7 Å². The van der Waals surface area contributed by atoms with Crippen LogP contribution in [-0.2, 0) is 11.3 Å². The molecule has 0 amide bonds. The summed E-state index contributed by atoms with van der Waals surface area (Å²) in [6.07, 6.45) is 1.06. The van der Waals surface area contributed by atoms with Gasteiger partial charge in [0.25, 0.3) is 0 Å². The number of rotatable bonds is 4. The minimum Gasteiger partial charge on any atom is -0.477 e. The van der Waals surface area contributed by atoms with Gasteiger partial charge >= 0.3 is 5.97 Å². The van der Waals surface area contributed by atoms with Gasteiger partial charge in [0.15, 0.2) is 5.13 Å². The monoisotopic (exact) mass is 299 g/mol. The Labute approximate surface area is 123 Å². The molecule has 1 saturated heterocycles. The van der Waals surface area contributed by atoms with Crippen molar-refractivity contribution in [2.24, 2.45) is 0 Å². The lowest BCUT2D eigenvalue weighted by Gasteiger charge is -2.27. The number of nitrogens with zero attached hydrogens (tertiary/aromatic N) is 3. The summed E-state index contributed by atoms with van der Waals surface area (Å²) in [4.78, 5) is 20.6. The van der Waals surface area contributed by atoms with Crippen molar-refractivity contribution < 1.29 is 14.6 Å². The van der Waals surface area contributed by atoms with E-state index in [1.807, 2.05) is 0 Å². The smallest absolute Gasteiger partial charge is 0.347 e. The van der Waals surface area contributed by atoms with E-state index < -0.39 is 5.97 Å². The Balaban J connectivity index is 2.27. The standard InChI is InChI=1S/C13H21N3O3S/c1-9-7-15(2)5-4-6-16(9)13-14-10(8-19-3)11(20-13)12(17)18/h9H,4-8H2,1-3H3,(H,17,18). The van der Waals surface area contributed by atoms with Gasteiger partial charge in [-0.3, -0.25) is 0 Å². The highest BCUT2D eigenvalue weighted by Gasteiger charge is 2.25. The molecule has 7 heteroatoms. The van der Waals surface area contributed by atoms with E-state index in [9.17, 15) is 9.90 Å². The molecule has 0 radical (unpaired) electrons. The molecule has 112 valence electrons. The largest absolute Gasteiger partial charge is 0.477 e. The van der Waals surface area contributed by atoms with Crippen LogP contribution in [0.4, 0.5) is 5.13 Å². The molecule has 0 bridgehead atoms. The summed E-state index contributed by atoms with van der Waals surface area (Å²) in [6, 6.07) is 0.325. The Kier molecular flexibility index (Phi) is 4.95. The fourth-order valence-electron chi connectivity index (χ4n) is 2.52. The minimum absolute atomic E-state index is 0.236. The Bertz CT molecular complexity index is 477. The summed E-state index contributed by atoms with van der Waals surface area (Å²) in [5.41, 5.74) is 0.518. The number of aromatic nitrogens is 1.